The van der Waals surface area contributed by atoms with Crippen LogP contribution in [0.5, 0.6) is 0 Å². The van der Waals surface area contributed by atoms with Crippen molar-refractivity contribution in [3.8, 4) is 0 Å². The number of fused-ring (bicyclic) bond motifs is 1. The second-order valence-electron chi connectivity index (χ2n) is 6.10. The van der Waals surface area contributed by atoms with Crippen molar-refractivity contribution >= 4 is 5.91 Å². The quantitative estimate of drug-likeness (QED) is 0.575. The van der Waals surface area contributed by atoms with Crippen LogP contribution in [0.1, 0.15) is 18.4 Å². The Kier molecular flexibility index (Phi) is 4.16. The summed E-state index contributed by atoms with van der Waals surface area (Å²) in [7, 11) is 1.37. The van der Waals surface area contributed by atoms with Gasteiger partial charge in [-0.05, 0) is 5.56 Å². The van der Waals surface area contributed by atoms with E-state index in [0.717, 1.165) is 0 Å². The number of rotatable bonds is 3. The highest BCUT2D eigenvalue weighted by molar-refractivity contribution is 5.73. The highest BCUT2D eigenvalue weighted by atomic mass is 16.7. The second kappa shape index (κ2) is 5.85. The molecule has 7 nitrogen and oxygen atoms in total. The molecule has 23 heavy (non-hydrogen) atoms. The predicted octanol–water partition coefficient (Wildman–Crippen LogP) is -0.887. The van der Waals surface area contributed by atoms with Gasteiger partial charge < -0.3 is 30.1 Å². The van der Waals surface area contributed by atoms with Gasteiger partial charge in [0.05, 0.1) is 6.10 Å². The van der Waals surface area contributed by atoms with Crippen LogP contribution in [0.4, 0.5) is 0 Å². The molecule has 1 aliphatic carbocycles. The van der Waals surface area contributed by atoms with Crippen LogP contribution in [0.2, 0.25) is 0 Å². The number of benzene rings is 1. The van der Waals surface area contributed by atoms with E-state index in [-0.39, 0.29) is 5.91 Å². The van der Waals surface area contributed by atoms with Gasteiger partial charge in [-0.25, -0.2) is 0 Å². The number of amides is 1. The van der Waals surface area contributed by atoms with Crippen LogP contribution < -0.4 is 5.32 Å². The first-order valence-electron chi connectivity index (χ1n) is 7.50. The summed E-state index contributed by atoms with van der Waals surface area (Å²) in [6.07, 6.45) is -4.26. The van der Waals surface area contributed by atoms with Gasteiger partial charge >= 0.3 is 0 Å². The van der Waals surface area contributed by atoms with Crippen molar-refractivity contribution in [2.75, 3.05) is 7.11 Å². The molecule has 1 saturated heterocycles. The SMILES string of the molecule is CO[C@H]1O[C@@H]2C(O)C(c3ccccc3)[C@]2(O)[C@H](O)[C@H]1NC(C)=O. The van der Waals surface area contributed by atoms with E-state index < -0.39 is 42.2 Å². The molecule has 7 atom stereocenters. The Labute approximate surface area is 133 Å². The van der Waals surface area contributed by atoms with E-state index >= 15 is 0 Å². The van der Waals surface area contributed by atoms with Gasteiger partial charge in [0.25, 0.3) is 0 Å². The van der Waals surface area contributed by atoms with E-state index in [1.54, 1.807) is 24.3 Å². The summed E-state index contributed by atoms with van der Waals surface area (Å²) in [6, 6.07) is 8.01. The van der Waals surface area contributed by atoms with Gasteiger partial charge in [0.2, 0.25) is 5.91 Å². The number of aliphatic hydroxyl groups excluding tert-OH is 2. The Morgan fingerprint density at radius 2 is 1.96 bits per heavy atom. The van der Waals surface area contributed by atoms with Crippen molar-refractivity contribution in [2.24, 2.45) is 0 Å². The van der Waals surface area contributed by atoms with Gasteiger partial charge in [-0.1, -0.05) is 30.3 Å². The Balaban J connectivity index is 1.94. The standard InChI is InChI=1S/C16H21NO6/c1-8(18)17-11-13(20)16(21)10(9-6-4-3-5-7-9)12(19)14(16)23-15(11)22-2/h3-7,10-15,19-21H,1-2H3,(H,17,18)/t10?,11-,12?,13-,14-,15+,16+/m1/s1. The average Bonchev–Trinajstić information content (AvgIpc) is 2.53. The number of hydrogen-bond donors (Lipinski definition) is 4. The Bertz CT molecular complexity index is 581. The van der Waals surface area contributed by atoms with Gasteiger partial charge in [-0.2, -0.15) is 0 Å². The Morgan fingerprint density at radius 3 is 2.52 bits per heavy atom. The molecule has 2 unspecified atom stereocenters. The molecule has 0 aromatic heterocycles. The fourth-order valence-corrected chi connectivity index (χ4v) is 3.70. The third kappa shape index (κ3) is 2.36. The molecule has 1 aliphatic heterocycles. The summed E-state index contributed by atoms with van der Waals surface area (Å²) in [5, 5.41) is 34.6. The van der Waals surface area contributed by atoms with Crippen LogP contribution in [0.25, 0.3) is 0 Å². The summed E-state index contributed by atoms with van der Waals surface area (Å²) < 4.78 is 10.7. The zero-order valence-corrected chi connectivity index (χ0v) is 12.9. The monoisotopic (exact) mass is 323 g/mol. The highest BCUT2D eigenvalue weighted by Gasteiger charge is 2.71. The third-order valence-corrected chi connectivity index (χ3v) is 4.75. The Morgan fingerprint density at radius 1 is 1.30 bits per heavy atom. The molecule has 1 amide bonds. The van der Waals surface area contributed by atoms with E-state index in [4.69, 9.17) is 9.47 Å². The normalized spacial score (nSPS) is 42.5. The molecule has 7 heteroatoms. The molecule has 0 bridgehead atoms. The molecule has 3 rings (SSSR count). The number of carbonyl (C=O) groups excluding carboxylic acids is 1. The zero-order chi connectivity index (χ0) is 16.8. The van der Waals surface area contributed by atoms with E-state index in [1.165, 1.54) is 14.0 Å². The lowest BCUT2D eigenvalue weighted by atomic mass is 9.56. The lowest BCUT2D eigenvalue weighted by Crippen LogP contribution is -2.82. The molecule has 1 aromatic rings. The number of aliphatic hydroxyl groups is 3. The summed E-state index contributed by atoms with van der Waals surface area (Å²) in [5.41, 5.74) is -1.01. The van der Waals surface area contributed by atoms with Crippen LogP contribution >= 0.6 is 0 Å². The highest BCUT2D eigenvalue weighted by Crippen LogP contribution is 2.53. The first-order valence-corrected chi connectivity index (χ1v) is 7.50. The average molecular weight is 323 g/mol. The van der Waals surface area contributed by atoms with Gasteiger partial charge in [-0.3, -0.25) is 4.79 Å². The molecule has 1 heterocycles. The first kappa shape index (κ1) is 16.4. The van der Waals surface area contributed by atoms with Crippen LogP contribution in [0.3, 0.4) is 0 Å². The number of hydrogen-bond acceptors (Lipinski definition) is 6. The number of methoxy groups -OCH3 is 1. The molecule has 4 N–H and O–H groups in total. The van der Waals surface area contributed by atoms with Crippen LogP contribution in [0, 0.1) is 0 Å². The third-order valence-electron chi connectivity index (χ3n) is 4.75. The molecule has 0 spiro atoms. The van der Waals surface area contributed by atoms with Crippen molar-refractivity contribution in [3.05, 3.63) is 35.9 Å². The van der Waals surface area contributed by atoms with Crippen LogP contribution in [-0.2, 0) is 14.3 Å². The van der Waals surface area contributed by atoms with Gasteiger partial charge in [0.1, 0.15) is 23.9 Å². The topological polar surface area (TPSA) is 108 Å². The Hall–Kier alpha value is -1.51. The first-order chi connectivity index (χ1) is 10.9. The minimum atomic E-state index is -1.71. The van der Waals surface area contributed by atoms with Crippen molar-refractivity contribution < 1.29 is 29.6 Å². The molecular weight excluding hydrogens is 302 g/mol. The van der Waals surface area contributed by atoms with Crippen molar-refractivity contribution in [1.82, 2.24) is 5.32 Å². The molecular formula is C16H21NO6. The van der Waals surface area contributed by atoms with E-state index in [1.807, 2.05) is 6.07 Å². The number of nitrogens with one attached hydrogen (secondary N) is 1. The molecule has 2 aliphatic rings. The number of ether oxygens (including phenoxy) is 2. The fraction of sp³-hybridized carbons (Fsp3) is 0.562. The molecule has 0 radical (unpaired) electrons. The number of carbonyl (C=O) groups is 1. The maximum absolute atomic E-state index is 11.4. The minimum Gasteiger partial charge on any atom is -0.390 e. The summed E-state index contributed by atoms with van der Waals surface area (Å²) in [4.78, 5) is 11.4. The van der Waals surface area contributed by atoms with Gasteiger partial charge in [0, 0.05) is 20.0 Å². The zero-order valence-electron chi connectivity index (χ0n) is 12.9. The van der Waals surface area contributed by atoms with E-state index in [0.29, 0.717) is 5.56 Å². The lowest BCUT2D eigenvalue weighted by Gasteiger charge is -2.62. The summed E-state index contributed by atoms with van der Waals surface area (Å²) >= 11 is 0. The molecule has 1 aromatic carbocycles. The molecule has 126 valence electrons. The van der Waals surface area contributed by atoms with Gasteiger partial charge in [-0.15, -0.1) is 0 Å². The van der Waals surface area contributed by atoms with E-state index in [9.17, 15) is 20.1 Å². The molecule has 2 fully saturated rings. The fourth-order valence-electron chi connectivity index (χ4n) is 3.70. The van der Waals surface area contributed by atoms with Crippen molar-refractivity contribution in [2.45, 2.75) is 49.1 Å². The van der Waals surface area contributed by atoms with Crippen LogP contribution in [-0.4, -0.2) is 64.6 Å². The van der Waals surface area contributed by atoms with Crippen molar-refractivity contribution in [3.63, 3.8) is 0 Å². The largest absolute Gasteiger partial charge is 0.390 e. The lowest BCUT2D eigenvalue weighted by molar-refractivity contribution is -0.364. The maximum atomic E-state index is 11.4. The van der Waals surface area contributed by atoms with E-state index in [2.05, 4.69) is 5.32 Å². The predicted molar refractivity (Wildman–Crippen MR) is 79.4 cm³/mol. The second-order valence-corrected chi connectivity index (χ2v) is 6.10. The maximum Gasteiger partial charge on any atom is 0.217 e. The summed E-state index contributed by atoms with van der Waals surface area (Å²) in [6.45, 7) is 1.31. The van der Waals surface area contributed by atoms with Gasteiger partial charge in [0.15, 0.2) is 6.29 Å². The smallest absolute Gasteiger partial charge is 0.217 e. The summed E-state index contributed by atoms with van der Waals surface area (Å²) in [5.74, 6) is -1.09. The minimum absolute atomic E-state index is 0.377. The van der Waals surface area contributed by atoms with Crippen LogP contribution in [0.15, 0.2) is 30.3 Å². The van der Waals surface area contributed by atoms with Crippen molar-refractivity contribution in [1.29, 1.82) is 0 Å². The molecule has 1 saturated carbocycles.